The van der Waals surface area contributed by atoms with Crippen LogP contribution in [-0.4, -0.2) is 23.3 Å². The first-order valence-electron chi connectivity index (χ1n) is 6.99. The van der Waals surface area contributed by atoms with E-state index in [4.69, 9.17) is 4.74 Å². The number of ether oxygens (including phenoxy) is 1. The van der Waals surface area contributed by atoms with E-state index < -0.39 is 40.5 Å². The van der Waals surface area contributed by atoms with Crippen LogP contribution in [0.15, 0.2) is 42.5 Å². The summed E-state index contributed by atoms with van der Waals surface area (Å²) in [5.74, 6) is -3.68. The highest BCUT2D eigenvalue weighted by Crippen LogP contribution is 2.18. The van der Waals surface area contributed by atoms with Crippen molar-refractivity contribution >= 4 is 17.6 Å². The molecule has 0 fully saturated rings. The van der Waals surface area contributed by atoms with Gasteiger partial charge in [0.25, 0.3) is 11.6 Å². The summed E-state index contributed by atoms with van der Waals surface area (Å²) < 4.78 is 31.1. The van der Waals surface area contributed by atoms with Crippen molar-refractivity contribution in [3.63, 3.8) is 0 Å². The van der Waals surface area contributed by atoms with Crippen LogP contribution in [0.3, 0.4) is 0 Å². The van der Waals surface area contributed by atoms with E-state index in [0.717, 1.165) is 12.1 Å². The van der Waals surface area contributed by atoms with Crippen LogP contribution >= 0.6 is 0 Å². The average molecular weight is 350 g/mol. The smallest absolute Gasteiger partial charge is 0.325 e. The zero-order valence-electron chi connectivity index (χ0n) is 12.7. The number of para-hydroxylation sites is 1. The van der Waals surface area contributed by atoms with Gasteiger partial charge >= 0.3 is 5.97 Å². The molecular weight excluding hydrogens is 338 g/mol. The SMILES string of the molecule is O=C(CNC(=O)c1ccc(F)cc1F)OCc1ccccc1[N+](=O)[O-]. The van der Waals surface area contributed by atoms with Crippen molar-refractivity contribution in [2.45, 2.75) is 6.61 Å². The number of rotatable bonds is 6. The summed E-state index contributed by atoms with van der Waals surface area (Å²) in [6.07, 6.45) is 0. The fourth-order valence-electron chi connectivity index (χ4n) is 1.94. The minimum Gasteiger partial charge on any atom is -0.459 e. The lowest BCUT2D eigenvalue weighted by molar-refractivity contribution is -0.385. The van der Waals surface area contributed by atoms with Crippen LogP contribution in [0.5, 0.6) is 0 Å². The number of nitro groups is 1. The standard InChI is InChI=1S/C16H12F2N2O5/c17-11-5-6-12(13(18)7-11)16(22)19-8-15(21)25-9-10-3-1-2-4-14(10)20(23)24/h1-7H,8-9H2,(H,19,22). The number of nitrogens with zero attached hydrogens (tertiary/aromatic N) is 1. The van der Waals surface area contributed by atoms with Crippen molar-refractivity contribution in [1.82, 2.24) is 5.32 Å². The molecule has 25 heavy (non-hydrogen) atoms. The number of carbonyl (C=O) groups excluding carboxylic acids is 2. The summed E-state index contributed by atoms with van der Waals surface area (Å²) in [6, 6.07) is 8.11. The van der Waals surface area contributed by atoms with Crippen molar-refractivity contribution < 1.29 is 28.0 Å². The van der Waals surface area contributed by atoms with E-state index in [1.54, 1.807) is 6.07 Å². The van der Waals surface area contributed by atoms with Gasteiger partial charge in [-0.05, 0) is 18.2 Å². The van der Waals surface area contributed by atoms with Crippen molar-refractivity contribution in [2.24, 2.45) is 0 Å². The minimum atomic E-state index is -1.06. The molecule has 9 heteroatoms. The van der Waals surface area contributed by atoms with Gasteiger partial charge < -0.3 is 10.1 Å². The molecule has 2 aromatic carbocycles. The number of halogens is 2. The Morgan fingerprint density at radius 1 is 1.16 bits per heavy atom. The van der Waals surface area contributed by atoms with Crippen LogP contribution in [0.25, 0.3) is 0 Å². The summed E-state index contributed by atoms with van der Waals surface area (Å²) in [4.78, 5) is 33.6. The quantitative estimate of drug-likeness (QED) is 0.490. The molecule has 1 N–H and O–H groups in total. The third kappa shape index (κ3) is 4.80. The molecule has 0 heterocycles. The molecule has 0 aromatic heterocycles. The number of nitro benzene ring substituents is 1. The largest absolute Gasteiger partial charge is 0.459 e. The molecule has 0 aliphatic rings. The monoisotopic (exact) mass is 350 g/mol. The number of hydrogen-bond acceptors (Lipinski definition) is 5. The van der Waals surface area contributed by atoms with Crippen LogP contribution in [0.1, 0.15) is 15.9 Å². The van der Waals surface area contributed by atoms with Gasteiger partial charge in [-0.2, -0.15) is 0 Å². The Hall–Kier alpha value is -3.36. The molecule has 0 saturated carbocycles. The Balaban J connectivity index is 1.89. The molecule has 2 rings (SSSR count). The van der Waals surface area contributed by atoms with Crippen LogP contribution in [0.4, 0.5) is 14.5 Å². The van der Waals surface area contributed by atoms with Crippen LogP contribution in [-0.2, 0) is 16.1 Å². The van der Waals surface area contributed by atoms with Gasteiger partial charge in [0.15, 0.2) is 0 Å². The molecule has 7 nitrogen and oxygen atoms in total. The van der Waals surface area contributed by atoms with Gasteiger partial charge in [-0.15, -0.1) is 0 Å². The van der Waals surface area contributed by atoms with Crippen LogP contribution in [0.2, 0.25) is 0 Å². The predicted molar refractivity (Wildman–Crippen MR) is 81.6 cm³/mol. The molecule has 0 aliphatic carbocycles. The second-order valence-electron chi connectivity index (χ2n) is 4.85. The Labute approximate surface area is 140 Å². The Bertz CT molecular complexity index is 826. The number of nitrogens with one attached hydrogen (secondary N) is 1. The third-order valence-electron chi connectivity index (χ3n) is 3.15. The maximum absolute atomic E-state index is 13.4. The normalized spacial score (nSPS) is 10.2. The highest BCUT2D eigenvalue weighted by Gasteiger charge is 2.16. The van der Waals surface area contributed by atoms with E-state index in [1.165, 1.54) is 18.2 Å². The Kier molecular flexibility index (Phi) is 5.72. The minimum absolute atomic E-state index is 0.191. The summed E-state index contributed by atoms with van der Waals surface area (Å²) in [5, 5.41) is 13.0. The van der Waals surface area contributed by atoms with Crippen molar-refractivity contribution in [3.05, 3.63) is 75.3 Å². The number of benzene rings is 2. The molecule has 2 aromatic rings. The molecular formula is C16H12F2N2O5. The first kappa shape index (κ1) is 18.0. The summed E-state index contributed by atoms with van der Waals surface area (Å²) in [7, 11) is 0. The lowest BCUT2D eigenvalue weighted by atomic mass is 10.2. The number of esters is 1. The second-order valence-corrected chi connectivity index (χ2v) is 4.85. The average Bonchev–Trinajstić information content (AvgIpc) is 2.58. The molecule has 0 aliphatic heterocycles. The van der Waals surface area contributed by atoms with E-state index in [2.05, 4.69) is 5.32 Å². The van der Waals surface area contributed by atoms with Gasteiger partial charge in [0.05, 0.1) is 16.1 Å². The first-order chi connectivity index (χ1) is 11.9. The molecule has 0 bridgehead atoms. The van der Waals surface area contributed by atoms with E-state index in [1.807, 2.05) is 0 Å². The van der Waals surface area contributed by atoms with Gasteiger partial charge in [-0.3, -0.25) is 19.7 Å². The maximum Gasteiger partial charge on any atom is 0.325 e. The topological polar surface area (TPSA) is 98.5 Å². The second kappa shape index (κ2) is 7.95. The van der Waals surface area contributed by atoms with E-state index in [0.29, 0.717) is 6.07 Å². The van der Waals surface area contributed by atoms with Gasteiger partial charge in [0.1, 0.15) is 24.8 Å². The zero-order valence-corrected chi connectivity index (χ0v) is 12.7. The van der Waals surface area contributed by atoms with Crippen LogP contribution < -0.4 is 5.32 Å². The lowest BCUT2D eigenvalue weighted by Gasteiger charge is -2.07. The highest BCUT2D eigenvalue weighted by molar-refractivity contribution is 5.96. The molecule has 0 unspecified atom stereocenters. The number of amides is 1. The molecule has 0 saturated heterocycles. The van der Waals surface area contributed by atoms with Gasteiger partial charge in [0, 0.05) is 12.1 Å². The summed E-state index contributed by atoms with van der Waals surface area (Å²) in [5.41, 5.74) is -0.433. The molecule has 0 radical (unpaired) electrons. The zero-order chi connectivity index (χ0) is 18.4. The molecule has 0 atom stereocenters. The van der Waals surface area contributed by atoms with Gasteiger partial charge in [-0.1, -0.05) is 12.1 Å². The van der Waals surface area contributed by atoms with Crippen molar-refractivity contribution in [2.75, 3.05) is 6.54 Å². The fraction of sp³-hybridized carbons (Fsp3) is 0.125. The van der Waals surface area contributed by atoms with Crippen LogP contribution in [0, 0.1) is 21.7 Å². The summed E-state index contributed by atoms with van der Waals surface area (Å²) in [6.45, 7) is -0.924. The number of carbonyl (C=O) groups is 2. The van der Waals surface area contributed by atoms with Gasteiger partial charge in [-0.25, -0.2) is 8.78 Å². The first-order valence-corrected chi connectivity index (χ1v) is 6.99. The van der Waals surface area contributed by atoms with E-state index in [9.17, 15) is 28.5 Å². The Morgan fingerprint density at radius 2 is 1.88 bits per heavy atom. The Morgan fingerprint density at radius 3 is 2.56 bits per heavy atom. The van der Waals surface area contributed by atoms with E-state index >= 15 is 0 Å². The van der Waals surface area contributed by atoms with Gasteiger partial charge in [0.2, 0.25) is 0 Å². The van der Waals surface area contributed by atoms with E-state index in [-0.39, 0.29) is 17.9 Å². The predicted octanol–water partition coefficient (Wildman–Crippen LogP) is 2.35. The van der Waals surface area contributed by atoms with Crippen molar-refractivity contribution in [3.8, 4) is 0 Å². The van der Waals surface area contributed by atoms with Crippen molar-refractivity contribution in [1.29, 1.82) is 0 Å². The summed E-state index contributed by atoms with van der Waals surface area (Å²) >= 11 is 0. The fourth-order valence-corrected chi connectivity index (χ4v) is 1.94. The lowest BCUT2D eigenvalue weighted by Crippen LogP contribution is -2.31. The highest BCUT2D eigenvalue weighted by atomic mass is 19.1. The molecule has 1 amide bonds. The molecule has 130 valence electrons. The number of hydrogen-bond donors (Lipinski definition) is 1. The third-order valence-corrected chi connectivity index (χ3v) is 3.15. The maximum atomic E-state index is 13.4. The molecule has 0 spiro atoms.